The van der Waals surface area contributed by atoms with Gasteiger partial charge in [-0.05, 0) is 69.1 Å². The fourth-order valence-corrected chi connectivity index (χ4v) is 3.51. The molecule has 0 aromatic rings. The van der Waals surface area contributed by atoms with Gasteiger partial charge < -0.3 is 17.0 Å². The van der Waals surface area contributed by atoms with E-state index in [0.29, 0.717) is 12.8 Å². The Morgan fingerprint density at radius 2 is 1.87 bits per heavy atom. The molecule has 0 aromatic heterocycles. The second-order valence-corrected chi connectivity index (χ2v) is 8.49. The van der Waals surface area contributed by atoms with Crippen LogP contribution in [0.4, 0.5) is 0 Å². The monoisotopic (exact) mass is 502 g/mol. The van der Waals surface area contributed by atoms with Gasteiger partial charge in [0, 0.05) is 38.9 Å². The van der Waals surface area contributed by atoms with Gasteiger partial charge in [-0.3, -0.25) is 4.99 Å². The molecule has 31 heavy (non-hydrogen) atoms. The van der Waals surface area contributed by atoms with Crippen LogP contribution in [0, 0.1) is 5.41 Å². The molecule has 0 bridgehead atoms. The van der Waals surface area contributed by atoms with Crippen LogP contribution >= 0.6 is 0 Å². The third-order valence-corrected chi connectivity index (χ3v) is 5.32. The molecular weight excluding hydrogens is 463 g/mol. The van der Waals surface area contributed by atoms with Crippen LogP contribution in [-0.2, 0) is 37.5 Å². The number of rotatable bonds is 10. The van der Waals surface area contributed by atoms with E-state index in [1.807, 2.05) is 25.2 Å². The number of aliphatic imine (C=N–C) groups is 1. The van der Waals surface area contributed by atoms with Crippen molar-refractivity contribution in [3.05, 3.63) is 70.6 Å². The fourth-order valence-electron chi connectivity index (χ4n) is 3.51. The quantitative estimate of drug-likeness (QED) is 0.245. The first-order valence-corrected chi connectivity index (χ1v) is 10.5. The minimum absolute atomic E-state index is 0. The summed E-state index contributed by atoms with van der Waals surface area (Å²) >= 11 is 0. The van der Waals surface area contributed by atoms with Gasteiger partial charge in [0.15, 0.2) is 0 Å². The van der Waals surface area contributed by atoms with Crippen LogP contribution < -0.4 is 0 Å². The van der Waals surface area contributed by atoms with Gasteiger partial charge >= 0.3 is 5.97 Å². The van der Waals surface area contributed by atoms with Crippen LogP contribution in [0.1, 0.15) is 66.7 Å². The predicted octanol–water partition coefficient (Wildman–Crippen LogP) is 7.59. The molecule has 1 aliphatic carbocycles. The molecule has 1 unspecified atom stereocenters. The van der Waals surface area contributed by atoms with Crippen LogP contribution in [0.3, 0.4) is 0 Å². The number of hydrogen-bond donors (Lipinski definition) is 1. The molecule has 5 nitrogen and oxygen atoms in total. The Labute approximate surface area is 214 Å². The number of nitrogens with zero attached hydrogens (tertiary/aromatic N) is 1. The number of allylic oxidation sites excluding steroid dienone is 10. The van der Waals surface area contributed by atoms with Crippen molar-refractivity contribution in [3.8, 4) is 0 Å². The number of carbonyl (C=O) groups is 1. The fraction of sp³-hybridized carbons (Fsp3) is 0.520. The van der Waals surface area contributed by atoms with Crippen molar-refractivity contribution < 1.29 is 42.6 Å². The van der Waals surface area contributed by atoms with Crippen molar-refractivity contribution in [1.29, 1.82) is 0 Å². The molecule has 1 atom stereocenters. The molecule has 0 heterocycles. The molecule has 0 aromatic carbocycles. The number of nitrogens with two attached hydrogens (primary N) is 1. The van der Waals surface area contributed by atoms with Crippen LogP contribution in [0.15, 0.2) is 63.7 Å². The molecule has 171 valence electrons. The number of aliphatic carboxylic acids is 1. The van der Waals surface area contributed by atoms with E-state index in [1.165, 1.54) is 36.0 Å². The SMILES string of the molecule is CC1=C(/C=C/C(C)=C/C=C/C(C)=C/C=NC(CCC[NH-])C(=O)O)C(C)(C)CCC1.[NH2-].[Y]. The van der Waals surface area contributed by atoms with E-state index in [2.05, 4.69) is 50.9 Å². The van der Waals surface area contributed by atoms with Gasteiger partial charge in [-0.25, -0.2) is 4.79 Å². The van der Waals surface area contributed by atoms with Gasteiger partial charge in [-0.1, -0.05) is 61.8 Å². The maximum Gasteiger partial charge on any atom is 0.328 e. The molecule has 6 heteroatoms. The summed E-state index contributed by atoms with van der Waals surface area (Å²) in [6.07, 6.45) is 18.5. The predicted molar refractivity (Wildman–Crippen MR) is 130 cm³/mol. The van der Waals surface area contributed by atoms with E-state index < -0.39 is 12.0 Å². The largest absolute Gasteiger partial charge is 0.693 e. The summed E-state index contributed by atoms with van der Waals surface area (Å²) in [6.45, 7) is 11.2. The van der Waals surface area contributed by atoms with Crippen molar-refractivity contribution in [1.82, 2.24) is 0 Å². The van der Waals surface area contributed by atoms with E-state index in [1.54, 1.807) is 6.21 Å². The van der Waals surface area contributed by atoms with Gasteiger partial charge in [-0.15, -0.1) is 0 Å². The first-order chi connectivity index (χ1) is 13.7. The zero-order valence-corrected chi connectivity index (χ0v) is 22.7. The van der Waals surface area contributed by atoms with Gasteiger partial charge in [0.25, 0.3) is 0 Å². The van der Waals surface area contributed by atoms with E-state index >= 15 is 0 Å². The topological polar surface area (TPSA) is 107 Å². The Bertz CT molecular complexity index is 744. The Hall–Kier alpha value is -1.14. The summed E-state index contributed by atoms with van der Waals surface area (Å²) in [6, 6.07) is -0.762. The summed E-state index contributed by atoms with van der Waals surface area (Å²) in [5.41, 5.74) is 12.5. The van der Waals surface area contributed by atoms with Gasteiger partial charge in [0.05, 0.1) is 0 Å². The Balaban J connectivity index is 0. The van der Waals surface area contributed by atoms with Crippen molar-refractivity contribution in [2.24, 2.45) is 10.4 Å². The Morgan fingerprint density at radius 3 is 2.45 bits per heavy atom. The van der Waals surface area contributed by atoms with E-state index in [0.717, 1.165) is 5.57 Å². The maximum absolute atomic E-state index is 11.1. The second kappa shape index (κ2) is 16.5. The Morgan fingerprint density at radius 1 is 1.23 bits per heavy atom. The standard InChI is InChI=1S/C25H37N2O2.H2N.Y/c1-19(13-14-22-21(3)11-7-16-25(22,4)5)9-6-10-20(2)15-18-27-23(24(28)29)12-8-17-26;;/h6,9-10,13-15,18,23,26H,7-8,11-12,16-17H2,1-5H3,(H,28,29);1H2;/q2*-1;/b10-6+,14-13+,19-9+,20-15+,27-18?;;. The van der Waals surface area contributed by atoms with Gasteiger partial charge in [-0.2, -0.15) is 6.54 Å². The van der Waals surface area contributed by atoms with Crippen LogP contribution in [0.25, 0.3) is 11.9 Å². The van der Waals surface area contributed by atoms with Crippen molar-refractivity contribution in [2.75, 3.05) is 6.54 Å². The molecule has 0 saturated heterocycles. The van der Waals surface area contributed by atoms with Crippen LogP contribution in [0.2, 0.25) is 0 Å². The molecule has 0 aliphatic heterocycles. The summed E-state index contributed by atoms with van der Waals surface area (Å²) in [4.78, 5) is 15.2. The molecule has 4 N–H and O–H groups in total. The summed E-state index contributed by atoms with van der Waals surface area (Å²) in [5, 5.41) is 9.13. The first kappa shape index (κ1) is 32.0. The Kier molecular flexibility index (Phi) is 17.0. The zero-order chi connectivity index (χ0) is 21.9. The third kappa shape index (κ3) is 12.5. The smallest absolute Gasteiger partial charge is 0.328 e. The zero-order valence-electron chi connectivity index (χ0n) is 19.8. The van der Waals surface area contributed by atoms with Crippen molar-refractivity contribution >= 4 is 12.2 Å². The summed E-state index contributed by atoms with van der Waals surface area (Å²) in [5.74, 6) is -0.937. The van der Waals surface area contributed by atoms with Crippen molar-refractivity contribution in [3.63, 3.8) is 0 Å². The molecule has 0 amide bonds. The summed E-state index contributed by atoms with van der Waals surface area (Å²) in [7, 11) is 0. The number of carboxylic acid groups (broad SMARTS) is 1. The maximum atomic E-state index is 11.1. The average Bonchev–Trinajstić information content (AvgIpc) is 2.63. The van der Waals surface area contributed by atoms with Gasteiger partial charge in [0.1, 0.15) is 6.04 Å². The molecule has 0 saturated carbocycles. The molecule has 1 radical (unpaired) electrons. The number of carboxylic acids is 1. The summed E-state index contributed by atoms with van der Waals surface area (Å²) < 4.78 is 0. The molecule has 0 spiro atoms. The number of nitrogens with one attached hydrogen (secondary N) is 1. The van der Waals surface area contributed by atoms with Crippen LogP contribution in [0.5, 0.6) is 0 Å². The van der Waals surface area contributed by atoms with Crippen molar-refractivity contribution in [2.45, 2.75) is 72.8 Å². The van der Waals surface area contributed by atoms with E-state index in [-0.39, 0.29) is 50.8 Å². The van der Waals surface area contributed by atoms with E-state index in [4.69, 9.17) is 10.8 Å². The number of hydrogen-bond acceptors (Lipinski definition) is 2. The minimum atomic E-state index is -0.937. The van der Waals surface area contributed by atoms with E-state index in [9.17, 15) is 4.79 Å². The second-order valence-electron chi connectivity index (χ2n) is 8.49. The normalized spacial score (nSPS) is 18.4. The molecular formula is C25H39N3O2Y-2. The molecule has 1 aliphatic rings. The van der Waals surface area contributed by atoms with Gasteiger partial charge in [0.2, 0.25) is 0 Å². The van der Waals surface area contributed by atoms with Crippen LogP contribution in [-0.4, -0.2) is 29.9 Å². The molecule has 0 fully saturated rings. The first-order valence-electron chi connectivity index (χ1n) is 10.5. The molecule has 1 rings (SSSR count). The average molecular weight is 503 g/mol. The minimum Gasteiger partial charge on any atom is -0.693 e. The third-order valence-electron chi connectivity index (χ3n) is 5.32.